The summed E-state index contributed by atoms with van der Waals surface area (Å²) in [6, 6.07) is 5.11. The number of nitrogens with one attached hydrogen (secondary N) is 3. The first-order valence-corrected chi connectivity index (χ1v) is 9.77. The largest absolute Gasteiger partial charge is 0.379 e. The van der Waals surface area contributed by atoms with E-state index in [0.29, 0.717) is 11.4 Å². The van der Waals surface area contributed by atoms with Gasteiger partial charge in [0.1, 0.15) is 6.04 Å². The molecule has 15 heteroatoms. The van der Waals surface area contributed by atoms with Crippen molar-refractivity contribution < 1.29 is 24.1 Å². The number of nitrogens with zero attached hydrogens (tertiary/aromatic N) is 3. The van der Waals surface area contributed by atoms with Crippen LogP contribution in [0.25, 0.3) is 11.2 Å². The molecule has 0 fully saturated rings. The van der Waals surface area contributed by atoms with Crippen molar-refractivity contribution in [2.75, 3.05) is 11.1 Å². The fraction of sp³-hybridized carbons (Fsp3) is 0.211. The van der Waals surface area contributed by atoms with Crippen molar-refractivity contribution in [1.29, 1.82) is 0 Å². The van der Waals surface area contributed by atoms with E-state index in [1.165, 1.54) is 18.3 Å². The maximum atomic E-state index is 12.5. The number of carbonyl (C=O) groups excluding carboxylic acids is 3. The highest BCUT2D eigenvalue weighted by molar-refractivity contribution is 5.97. The standard InChI is InChI=1S/C19H21N9O6/c20-19-27-15-14(17(31)28-19)25-11(8-24-15)7-23-10-3-1-9(2-4-10)16(30)26-12(18(32)34-22)5-6-13(29)33-21/h1-4,8,12,23H,5-7,21-22H2,(H,26,30)(H3,20,24,27,28,31)/t12-/m0/s1. The molecule has 3 rings (SSSR count). The highest BCUT2D eigenvalue weighted by Gasteiger charge is 2.24. The van der Waals surface area contributed by atoms with Gasteiger partial charge in [-0.15, -0.1) is 0 Å². The number of hydrogen-bond acceptors (Lipinski definition) is 13. The Bertz CT molecular complexity index is 1260. The number of amides is 1. The van der Waals surface area contributed by atoms with Crippen molar-refractivity contribution in [3.8, 4) is 0 Å². The van der Waals surface area contributed by atoms with E-state index in [4.69, 9.17) is 17.5 Å². The van der Waals surface area contributed by atoms with E-state index in [-0.39, 0.29) is 42.1 Å². The highest BCUT2D eigenvalue weighted by atomic mass is 16.7. The number of nitrogens with two attached hydrogens (primary N) is 3. The van der Waals surface area contributed by atoms with E-state index in [1.807, 2.05) is 0 Å². The average Bonchev–Trinajstić information content (AvgIpc) is 2.84. The van der Waals surface area contributed by atoms with Gasteiger partial charge in [-0.25, -0.2) is 14.8 Å². The van der Waals surface area contributed by atoms with Crippen molar-refractivity contribution in [2.24, 2.45) is 11.8 Å². The summed E-state index contributed by atoms with van der Waals surface area (Å²) < 4.78 is 0. The molecular formula is C19H21N9O6. The molecule has 0 aliphatic rings. The van der Waals surface area contributed by atoms with Gasteiger partial charge in [0, 0.05) is 17.7 Å². The summed E-state index contributed by atoms with van der Waals surface area (Å²) in [5.41, 5.74) is 6.55. The Morgan fingerprint density at radius 3 is 2.50 bits per heavy atom. The number of hydrogen-bond donors (Lipinski definition) is 6. The van der Waals surface area contributed by atoms with Crippen LogP contribution in [0.5, 0.6) is 0 Å². The molecule has 2 heterocycles. The van der Waals surface area contributed by atoms with Crippen molar-refractivity contribution in [3.05, 3.63) is 52.1 Å². The summed E-state index contributed by atoms with van der Waals surface area (Å²) in [5.74, 6) is 7.32. The van der Waals surface area contributed by atoms with E-state index in [1.54, 1.807) is 12.1 Å². The van der Waals surface area contributed by atoms with Gasteiger partial charge in [-0.2, -0.15) is 16.8 Å². The van der Waals surface area contributed by atoms with E-state index in [9.17, 15) is 19.2 Å². The van der Waals surface area contributed by atoms with Crippen LogP contribution in [-0.4, -0.2) is 43.8 Å². The molecule has 34 heavy (non-hydrogen) atoms. The minimum Gasteiger partial charge on any atom is -0.379 e. The van der Waals surface area contributed by atoms with E-state index < -0.39 is 29.4 Å². The predicted molar refractivity (Wildman–Crippen MR) is 117 cm³/mol. The Morgan fingerprint density at radius 2 is 1.82 bits per heavy atom. The van der Waals surface area contributed by atoms with Crippen LogP contribution >= 0.6 is 0 Å². The van der Waals surface area contributed by atoms with Crippen LogP contribution < -0.4 is 33.7 Å². The maximum absolute atomic E-state index is 12.5. The summed E-state index contributed by atoms with van der Waals surface area (Å²) in [6.45, 7) is 0.236. The number of H-pyrrole nitrogens is 1. The monoisotopic (exact) mass is 471 g/mol. The van der Waals surface area contributed by atoms with Crippen LogP contribution in [0, 0.1) is 0 Å². The SMILES string of the molecule is NOC(=O)CC[C@H](NC(=O)c1ccc(NCc2cnc3nc(N)[nH]c(=O)c3n2)cc1)C(=O)ON. The molecule has 1 aromatic carbocycles. The zero-order chi connectivity index (χ0) is 24.7. The molecular weight excluding hydrogens is 450 g/mol. The van der Waals surface area contributed by atoms with E-state index in [2.05, 4.69) is 40.2 Å². The van der Waals surface area contributed by atoms with Crippen LogP contribution in [-0.2, 0) is 25.8 Å². The summed E-state index contributed by atoms with van der Waals surface area (Å²) in [5, 5.41) is 5.52. The Morgan fingerprint density at radius 1 is 1.09 bits per heavy atom. The zero-order valence-corrected chi connectivity index (χ0v) is 17.6. The Labute approximate surface area is 191 Å². The lowest BCUT2D eigenvalue weighted by atomic mass is 10.1. The molecule has 9 N–H and O–H groups in total. The molecule has 3 aromatic rings. The average molecular weight is 471 g/mol. The first-order chi connectivity index (χ1) is 16.3. The second-order valence-corrected chi connectivity index (χ2v) is 6.91. The maximum Gasteiger partial charge on any atom is 0.347 e. The molecule has 0 aliphatic carbocycles. The van der Waals surface area contributed by atoms with Crippen LogP contribution in [0.15, 0.2) is 35.3 Å². The topological polar surface area (TPSA) is 243 Å². The van der Waals surface area contributed by atoms with Crippen molar-refractivity contribution in [1.82, 2.24) is 25.3 Å². The molecule has 178 valence electrons. The van der Waals surface area contributed by atoms with Gasteiger partial charge in [0.25, 0.3) is 11.5 Å². The van der Waals surface area contributed by atoms with Crippen molar-refractivity contribution >= 4 is 40.6 Å². The molecule has 0 saturated carbocycles. The molecule has 0 saturated heterocycles. The van der Waals surface area contributed by atoms with E-state index in [0.717, 1.165) is 0 Å². The lowest BCUT2D eigenvalue weighted by Crippen LogP contribution is -2.43. The van der Waals surface area contributed by atoms with Gasteiger partial charge in [0.15, 0.2) is 11.2 Å². The number of rotatable bonds is 9. The Balaban J connectivity index is 1.62. The van der Waals surface area contributed by atoms with E-state index >= 15 is 0 Å². The molecule has 0 spiro atoms. The molecule has 1 atom stereocenters. The van der Waals surface area contributed by atoms with Gasteiger partial charge in [-0.3, -0.25) is 19.4 Å². The van der Waals surface area contributed by atoms with Gasteiger partial charge in [0.2, 0.25) is 5.95 Å². The number of anilines is 2. The lowest BCUT2D eigenvalue weighted by molar-refractivity contribution is -0.148. The highest BCUT2D eigenvalue weighted by Crippen LogP contribution is 2.12. The minimum absolute atomic E-state index is 0.0499. The molecule has 0 unspecified atom stereocenters. The number of benzene rings is 1. The second kappa shape index (κ2) is 10.8. The molecule has 0 radical (unpaired) electrons. The van der Waals surface area contributed by atoms with Crippen LogP contribution in [0.1, 0.15) is 28.9 Å². The summed E-state index contributed by atoms with van der Waals surface area (Å²) in [6.07, 6.45) is 1.11. The third-order valence-electron chi connectivity index (χ3n) is 4.58. The minimum atomic E-state index is -1.17. The fourth-order valence-electron chi connectivity index (χ4n) is 2.88. The van der Waals surface area contributed by atoms with Crippen LogP contribution in [0.4, 0.5) is 11.6 Å². The second-order valence-electron chi connectivity index (χ2n) is 6.91. The Kier molecular flexibility index (Phi) is 7.63. The normalized spacial score (nSPS) is 11.5. The van der Waals surface area contributed by atoms with Crippen molar-refractivity contribution in [2.45, 2.75) is 25.4 Å². The summed E-state index contributed by atoms with van der Waals surface area (Å²) in [7, 11) is 0. The molecule has 15 nitrogen and oxygen atoms in total. The van der Waals surface area contributed by atoms with Gasteiger partial charge in [0.05, 0.1) is 18.4 Å². The fourth-order valence-corrected chi connectivity index (χ4v) is 2.88. The number of aromatic amines is 1. The van der Waals surface area contributed by atoms with Crippen LogP contribution in [0.3, 0.4) is 0 Å². The van der Waals surface area contributed by atoms with Gasteiger partial charge >= 0.3 is 11.9 Å². The molecule has 2 aromatic heterocycles. The quantitative estimate of drug-likeness (QED) is 0.197. The predicted octanol–water partition coefficient (Wildman–Crippen LogP) is -1.38. The Hall–Kier alpha value is -4.63. The third-order valence-corrected chi connectivity index (χ3v) is 4.58. The number of fused-ring (bicyclic) bond motifs is 1. The van der Waals surface area contributed by atoms with Gasteiger partial charge in [-0.05, 0) is 30.7 Å². The number of aromatic nitrogens is 4. The van der Waals surface area contributed by atoms with Gasteiger partial charge in [-0.1, -0.05) is 0 Å². The summed E-state index contributed by atoms with van der Waals surface area (Å²) >= 11 is 0. The van der Waals surface area contributed by atoms with Crippen LogP contribution in [0.2, 0.25) is 0 Å². The summed E-state index contributed by atoms with van der Waals surface area (Å²) in [4.78, 5) is 70.2. The third kappa shape index (κ3) is 5.99. The first-order valence-electron chi connectivity index (χ1n) is 9.77. The van der Waals surface area contributed by atoms with Gasteiger partial charge < -0.3 is 26.0 Å². The smallest absolute Gasteiger partial charge is 0.347 e. The zero-order valence-electron chi connectivity index (χ0n) is 17.6. The molecule has 0 bridgehead atoms. The van der Waals surface area contributed by atoms with Crippen molar-refractivity contribution in [3.63, 3.8) is 0 Å². The lowest BCUT2D eigenvalue weighted by Gasteiger charge is -2.15. The number of carbonyl (C=O) groups is 3. The first kappa shape index (κ1) is 24.0. The number of nitrogen functional groups attached to an aromatic ring is 1. The molecule has 1 amide bonds. The molecule has 0 aliphatic heterocycles.